The predicted molar refractivity (Wildman–Crippen MR) is 79.9 cm³/mol. The van der Waals surface area contributed by atoms with Gasteiger partial charge in [-0.25, -0.2) is 4.79 Å². The Labute approximate surface area is 132 Å². The standard InChI is InChI=1S/C15H16N4O4/c1-9-16-13(18-23-9)10-3-2-4-11(7-10)14(20)17-12-5-6-19(8-12)15(21)22/h2-4,7,12H,5-6,8H2,1H3,(H,17,20)(H,21,22)/t12-/m0/s1. The van der Waals surface area contributed by atoms with Gasteiger partial charge in [-0.3, -0.25) is 4.79 Å². The van der Waals surface area contributed by atoms with E-state index in [0.717, 1.165) is 0 Å². The number of hydrogen-bond acceptors (Lipinski definition) is 5. The minimum Gasteiger partial charge on any atom is -0.465 e. The summed E-state index contributed by atoms with van der Waals surface area (Å²) in [5.74, 6) is 0.633. The molecule has 0 aliphatic carbocycles. The molecule has 0 saturated carbocycles. The molecule has 2 heterocycles. The topological polar surface area (TPSA) is 109 Å². The smallest absolute Gasteiger partial charge is 0.407 e. The number of aromatic nitrogens is 2. The second-order valence-electron chi connectivity index (χ2n) is 5.41. The molecule has 1 saturated heterocycles. The Morgan fingerprint density at radius 3 is 2.91 bits per heavy atom. The molecule has 0 bridgehead atoms. The van der Waals surface area contributed by atoms with E-state index in [-0.39, 0.29) is 11.9 Å². The minimum atomic E-state index is -0.962. The number of carbonyl (C=O) groups excluding carboxylic acids is 1. The average molecular weight is 316 g/mol. The maximum absolute atomic E-state index is 12.3. The second kappa shape index (κ2) is 6.07. The molecule has 2 amide bonds. The first-order valence-corrected chi connectivity index (χ1v) is 7.22. The van der Waals surface area contributed by atoms with Crippen LogP contribution in [0.1, 0.15) is 22.7 Å². The van der Waals surface area contributed by atoms with Gasteiger partial charge >= 0.3 is 6.09 Å². The molecule has 3 rings (SSSR count). The van der Waals surface area contributed by atoms with Crippen LogP contribution < -0.4 is 5.32 Å². The molecule has 1 aromatic heterocycles. The Morgan fingerprint density at radius 1 is 1.43 bits per heavy atom. The number of nitrogens with one attached hydrogen (secondary N) is 1. The summed E-state index contributed by atoms with van der Waals surface area (Å²) in [5.41, 5.74) is 1.16. The zero-order chi connectivity index (χ0) is 16.4. The summed E-state index contributed by atoms with van der Waals surface area (Å²) >= 11 is 0. The number of benzene rings is 1. The van der Waals surface area contributed by atoms with Crippen molar-refractivity contribution in [3.8, 4) is 11.4 Å². The monoisotopic (exact) mass is 316 g/mol. The molecule has 8 nitrogen and oxygen atoms in total. The summed E-state index contributed by atoms with van der Waals surface area (Å²) in [6.45, 7) is 2.44. The van der Waals surface area contributed by atoms with Gasteiger partial charge in [0.1, 0.15) is 0 Å². The van der Waals surface area contributed by atoms with Crippen molar-refractivity contribution < 1.29 is 19.2 Å². The summed E-state index contributed by atoms with van der Waals surface area (Å²) in [4.78, 5) is 28.6. The molecule has 0 spiro atoms. The molecule has 1 aliphatic rings. The van der Waals surface area contributed by atoms with Gasteiger partial charge in [0.05, 0.1) is 0 Å². The van der Waals surface area contributed by atoms with E-state index in [1.54, 1.807) is 31.2 Å². The molecular formula is C15H16N4O4. The Hall–Kier alpha value is -2.90. The number of rotatable bonds is 3. The first-order chi connectivity index (χ1) is 11.0. The zero-order valence-corrected chi connectivity index (χ0v) is 12.5. The van der Waals surface area contributed by atoms with Crippen molar-refractivity contribution in [2.45, 2.75) is 19.4 Å². The van der Waals surface area contributed by atoms with E-state index in [4.69, 9.17) is 9.63 Å². The number of carboxylic acid groups (broad SMARTS) is 1. The first-order valence-electron chi connectivity index (χ1n) is 7.22. The number of carbonyl (C=O) groups is 2. The Bertz CT molecular complexity index is 743. The van der Waals surface area contributed by atoms with Crippen LogP contribution in [0.5, 0.6) is 0 Å². The lowest BCUT2D eigenvalue weighted by Crippen LogP contribution is -2.38. The van der Waals surface area contributed by atoms with Crippen molar-refractivity contribution in [2.75, 3.05) is 13.1 Å². The molecule has 8 heteroatoms. The maximum Gasteiger partial charge on any atom is 0.407 e. The largest absolute Gasteiger partial charge is 0.465 e. The molecule has 1 aliphatic heterocycles. The van der Waals surface area contributed by atoms with Gasteiger partial charge in [-0.15, -0.1) is 0 Å². The van der Waals surface area contributed by atoms with Crippen molar-refractivity contribution in [1.29, 1.82) is 0 Å². The molecule has 2 aromatic rings. The van der Waals surface area contributed by atoms with Crippen LogP contribution in [0.4, 0.5) is 4.79 Å². The van der Waals surface area contributed by atoms with Gasteiger partial charge < -0.3 is 19.8 Å². The van der Waals surface area contributed by atoms with E-state index in [1.807, 2.05) is 0 Å². The van der Waals surface area contributed by atoms with Crippen molar-refractivity contribution >= 4 is 12.0 Å². The van der Waals surface area contributed by atoms with E-state index in [1.165, 1.54) is 4.90 Å². The van der Waals surface area contributed by atoms with Crippen LogP contribution in [0.25, 0.3) is 11.4 Å². The third-order valence-corrected chi connectivity index (χ3v) is 3.70. The summed E-state index contributed by atoms with van der Waals surface area (Å²) < 4.78 is 4.94. The fraction of sp³-hybridized carbons (Fsp3) is 0.333. The van der Waals surface area contributed by atoms with Gasteiger partial charge in [-0.2, -0.15) is 4.98 Å². The lowest BCUT2D eigenvalue weighted by molar-refractivity contribution is 0.0936. The molecular weight excluding hydrogens is 300 g/mol. The number of aryl methyl sites for hydroxylation is 1. The van der Waals surface area contributed by atoms with Gasteiger partial charge in [0, 0.05) is 37.2 Å². The lowest BCUT2D eigenvalue weighted by atomic mass is 10.1. The highest BCUT2D eigenvalue weighted by Crippen LogP contribution is 2.18. The first kappa shape index (κ1) is 15.0. The fourth-order valence-corrected chi connectivity index (χ4v) is 2.54. The third-order valence-electron chi connectivity index (χ3n) is 3.70. The van der Waals surface area contributed by atoms with Gasteiger partial charge in [0.15, 0.2) is 0 Å². The highest BCUT2D eigenvalue weighted by Gasteiger charge is 2.27. The van der Waals surface area contributed by atoms with Gasteiger partial charge in [0.25, 0.3) is 5.91 Å². The van der Waals surface area contributed by atoms with Crippen LogP contribution in [-0.4, -0.2) is 51.3 Å². The normalized spacial score (nSPS) is 17.3. The van der Waals surface area contributed by atoms with Gasteiger partial charge in [0.2, 0.25) is 11.7 Å². The van der Waals surface area contributed by atoms with E-state index in [2.05, 4.69) is 15.5 Å². The van der Waals surface area contributed by atoms with Crippen LogP contribution in [0, 0.1) is 6.92 Å². The van der Waals surface area contributed by atoms with E-state index in [9.17, 15) is 9.59 Å². The Kier molecular flexibility index (Phi) is 3.96. The molecule has 0 radical (unpaired) electrons. The Balaban J connectivity index is 1.70. The summed E-state index contributed by atoms with van der Waals surface area (Å²) in [6, 6.07) is 6.74. The van der Waals surface area contributed by atoms with Gasteiger partial charge in [-0.05, 0) is 18.6 Å². The van der Waals surface area contributed by atoms with Gasteiger partial charge in [-0.1, -0.05) is 17.3 Å². The van der Waals surface area contributed by atoms with Crippen LogP contribution in [0.3, 0.4) is 0 Å². The quantitative estimate of drug-likeness (QED) is 0.889. The van der Waals surface area contributed by atoms with E-state index in [0.29, 0.717) is 42.4 Å². The fourth-order valence-electron chi connectivity index (χ4n) is 2.54. The number of amides is 2. The molecule has 1 fully saturated rings. The molecule has 120 valence electrons. The Morgan fingerprint density at radius 2 is 2.26 bits per heavy atom. The summed E-state index contributed by atoms with van der Waals surface area (Å²) in [7, 11) is 0. The van der Waals surface area contributed by atoms with Crippen molar-refractivity contribution in [2.24, 2.45) is 0 Å². The number of likely N-dealkylation sites (tertiary alicyclic amines) is 1. The molecule has 1 atom stereocenters. The van der Waals surface area contributed by atoms with E-state index < -0.39 is 6.09 Å². The van der Waals surface area contributed by atoms with Crippen molar-refractivity contribution in [3.05, 3.63) is 35.7 Å². The van der Waals surface area contributed by atoms with Crippen LogP contribution in [0.2, 0.25) is 0 Å². The minimum absolute atomic E-state index is 0.172. The maximum atomic E-state index is 12.3. The van der Waals surface area contributed by atoms with Crippen LogP contribution in [0.15, 0.2) is 28.8 Å². The van der Waals surface area contributed by atoms with Crippen LogP contribution >= 0.6 is 0 Å². The van der Waals surface area contributed by atoms with Crippen molar-refractivity contribution in [1.82, 2.24) is 20.4 Å². The SMILES string of the molecule is Cc1nc(-c2cccc(C(=O)N[C@H]3CCN(C(=O)O)C3)c2)no1. The zero-order valence-electron chi connectivity index (χ0n) is 12.5. The molecule has 1 aromatic carbocycles. The van der Waals surface area contributed by atoms with Crippen molar-refractivity contribution in [3.63, 3.8) is 0 Å². The summed E-state index contributed by atoms with van der Waals surface area (Å²) in [6.07, 6.45) is -0.349. The highest BCUT2D eigenvalue weighted by molar-refractivity contribution is 5.95. The molecule has 2 N–H and O–H groups in total. The summed E-state index contributed by atoms with van der Waals surface area (Å²) in [5, 5.41) is 15.6. The van der Waals surface area contributed by atoms with Crippen LogP contribution in [-0.2, 0) is 0 Å². The number of nitrogens with zero attached hydrogens (tertiary/aromatic N) is 3. The van der Waals surface area contributed by atoms with E-state index >= 15 is 0 Å². The second-order valence-corrected chi connectivity index (χ2v) is 5.41. The molecule has 0 unspecified atom stereocenters. The predicted octanol–water partition coefficient (Wildman–Crippen LogP) is 1.53. The third kappa shape index (κ3) is 3.31. The molecule has 23 heavy (non-hydrogen) atoms. The lowest BCUT2D eigenvalue weighted by Gasteiger charge is -2.14. The highest BCUT2D eigenvalue weighted by atomic mass is 16.5. The average Bonchev–Trinajstić information content (AvgIpc) is 3.16. The number of hydrogen-bond donors (Lipinski definition) is 2.